The van der Waals surface area contributed by atoms with E-state index < -0.39 is 5.92 Å². The Kier molecular flexibility index (Phi) is 5.01. The van der Waals surface area contributed by atoms with Gasteiger partial charge in [-0.1, -0.05) is 0 Å². The van der Waals surface area contributed by atoms with E-state index in [9.17, 15) is 13.9 Å². The molecule has 1 aliphatic heterocycles. The number of nitrogens with zero attached hydrogens (tertiary/aromatic N) is 4. The second-order valence-electron chi connectivity index (χ2n) is 7.58. The van der Waals surface area contributed by atoms with Crippen molar-refractivity contribution < 1.29 is 13.9 Å². The Bertz CT molecular complexity index is 828. The van der Waals surface area contributed by atoms with E-state index >= 15 is 0 Å². The highest BCUT2D eigenvalue weighted by atomic mass is 19.3. The number of hydrogen-bond donors (Lipinski definition) is 3. The van der Waals surface area contributed by atoms with Crippen LogP contribution in [0.25, 0.3) is 0 Å². The molecule has 0 unspecified atom stereocenters. The lowest BCUT2D eigenvalue weighted by molar-refractivity contribution is 0.0257. The fourth-order valence-electron chi connectivity index (χ4n) is 3.21. The van der Waals surface area contributed by atoms with Crippen LogP contribution in [0.2, 0.25) is 0 Å². The summed E-state index contributed by atoms with van der Waals surface area (Å²) in [5.41, 5.74) is 1.63. The zero-order valence-corrected chi connectivity index (χ0v) is 15.7. The normalized spacial score (nSPS) is 19.5. The van der Waals surface area contributed by atoms with Gasteiger partial charge < -0.3 is 20.6 Å². The molecule has 2 fully saturated rings. The van der Waals surface area contributed by atoms with E-state index in [-0.39, 0.29) is 32.2 Å². The quantitative estimate of drug-likeness (QED) is 0.670. The molecule has 0 bridgehead atoms. The highest BCUT2D eigenvalue weighted by Crippen LogP contribution is 2.38. The average Bonchev–Trinajstić information content (AvgIpc) is 3.45. The Morgan fingerprint density at radius 2 is 2.00 bits per heavy atom. The number of aromatic nitrogens is 3. The minimum Gasteiger partial charge on any atom is -0.394 e. The first kappa shape index (κ1) is 18.8. The predicted molar refractivity (Wildman–Crippen MR) is 103 cm³/mol. The standard InChI is InChI=1S/C19H24F2N6O/c1-12(10-28)24-16-6-14(27-5-4-19(20,21)11-27)7-17(25-16)26-18-9-22-15(8-23-18)13-2-3-13/h6-9,12-13,28H,2-5,10-11H2,1H3,(H2,23,24,25,26)/t12-/m0/s1. The van der Waals surface area contributed by atoms with Crippen molar-refractivity contribution in [3.63, 3.8) is 0 Å². The zero-order valence-electron chi connectivity index (χ0n) is 15.7. The second-order valence-corrected chi connectivity index (χ2v) is 7.58. The molecule has 0 radical (unpaired) electrons. The maximum atomic E-state index is 13.7. The number of nitrogens with one attached hydrogen (secondary N) is 2. The summed E-state index contributed by atoms with van der Waals surface area (Å²) in [4.78, 5) is 14.9. The summed E-state index contributed by atoms with van der Waals surface area (Å²) in [5, 5.41) is 15.5. The average molecular weight is 390 g/mol. The third kappa shape index (κ3) is 4.46. The van der Waals surface area contributed by atoms with Crippen molar-refractivity contribution in [3.8, 4) is 0 Å². The highest BCUT2D eigenvalue weighted by Gasteiger charge is 2.38. The molecule has 1 saturated carbocycles. The maximum Gasteiger partial charge on any atom is 0.266 e. The van der Waals surface area contributed by atoms with Gasteiger partial charge in [-0.2, -0.15) is 0 Å². The van der Waals surface area contributed by atoms with Crippen molar-refractivity contribution in [2.75, 3.05) is 35.2 Å². The first-order chi connectivity index (χ1) is 13.4. The van der Waals surface area contributed by atoms with Crippen LogP contribution in [0.5, 0.6) is 0 Å². The molecule has 7 nitrogen and oxygen atoms in total. The van der Waals surface area contributed by atoms with E-state index in [4.69, 9.17) is 0 Å². The largest absolute Gasteiger partial charge is 0.394 e. The number of rotatable bonds is 7. The lowest BCUT2D eigenvalue weighted by atomic mass is 10.3. The summed E-state index contributed by atoms with van der Waals surface area (Å²) in [7, 11) is 0. The van der Waals surface area contributed by atoms with E-state index in [1.807, 2.05) is 6.92 Å². The Balaban J connectivity index is 1.57. The van der Waals surface area contributed by atoms with E-state index in [1.165, 1.54) is 0 Å². The molecule has 1 saturated heterocycles. The molecule has 2 aromatic rings. The first-order valence-electron chi connectivity index (χ1n) is 9.53. The van der Waals surface area contributed by atoms with Gasteiger partial charge >= 0.3 is 0 Å². The molecule has 150 valence electrons. The molecule has 2 aromatic heterocycles. The number of alkyl halides is 2. The predicted octanol–water partition coefficient (Wildman–Crippen LogP) is 3.13. The smallest absolute Gasteiger partial charge is 0.266 e. The van der Waals surface area contributed by atoms with E-state index in [1.54, 1.807) is 29.4 Å². The first-order valence-corrected chi connectivity index (χ1v) is 9.53. The van der Waals surface area contributed by atoms with Crippen LogP contribution in [0.15, 0.2) is 24.5 Å². The molecule has 0 amide bonds. The number of pyridine rings is 1. The summed E-state index contributed by atoms with van der Waals surface area (Å²) in [5.74, 6) is -0.641. The molecule has 28 heavy (non-hydrogen) atoms. The fourth-order valence-corrected chi connectivity index (χ4v) is 3.21. The van der Waals surface area contributed by atoms with Crippen LogP contribution >= 0.6 is 0 Å². The SMILES string of the molecule is C[C@@H](CO)Nc1cc(N2CCC(F)(F)C2)cc(Nc2cnc(C3CC3)cn2)n1. The minimum atomic E-state index is -2.69. The zero-order chi connectivity index (χ0) is 19.7. The van der Waals surface area contributed by atoms with Crippen molar-refractivity contribution in [1.29, 1.82) is 0 Å². The summed E-state index contributed by atoms with van der Waals surface area (Å²) in [6, 6.07) is 3.24. The molecule has 4 rings (SSSR count). The molecule has 3 N–H and O–H groups in total. The van der Waals surface area contributed by atoms with Gasteiger partial charge in [0.05, 0.1) is 31.2 Å². The second kappa shape index (κ2) is 7.46. The summed E-state index contributed by atoms with van der Waals surface area (Å²) >= 11 is 0. The van der Waals surface area contributed by atoms with Crippen molar-refractivity contribution in [1.82, 2.24) is 15.0 Å². The number of aliphatic hydroxyl groups is 1. The van der Waals surface area contributed by atoms with Crippen molar-refractivity contribution >= 4 is 23.1 Å². The minimum absolute atomic E-state index is 0.0649. The van der Waals surface area contributed by atoms with Crippen molar-refractivity contribution in [2.24, 2.45) is 0 Å². The lowest BCUT2D eigenvalue weighted by Gasteiger charge is -2.21. The van der Waals surface area contributed by atoms with E-state index in [2.05, 4.69) is 25.6 Å². The third-order valence-corrected chi connectivity index (χ3v) is 4.94. The summed E-state index contributed by atoms with van der Waals surface area (Å²) in [6.45, 7) is 1.71. The van der Waals surface area contributed by atoms with Gasteiger partial charge in [-0.3, -0.25) is 4.98 Å². The van der Waals surface area contributed by atoms with Crippen molar-refractivity contribution in [2.45, 2.75) is 44.1 Å². The van der Waals surface area contributed by atoms with Gasteiger partial charge in [0.25, 0.3) is 5.92 Å². The Morgan fingerprint density at radius 1 is 1.21 bits per heavy atom. The molecule has 0 spiro atoms. The number of anilines is 4. The van der Waals surface area contributed by atoms with Crippen LogP contribution in [0.1, 0.15) is 37.8 Å². The fraction of sp³-hybridized carbons (Fsp3) is 0.526. The number of hydrogen-bond acceptors (Lipinski definition) is 7. The van der Waals surface area contributed by atoms with Crippen LogP contribution in [0.3, 0.4) is 0 Å². The van der Waals surface area contributed by atoms with Crippen LogP contribution in [-0.4, -0.2) is 51.7 Å². The Labute approximate surface area is 162 Å². The van der Waals surface area contributed by atoms with Gasteiger partial charge in [-0.25, -0.2) is 18.7 Å². The Morgan fingerprint density at radius 3 is 2.61 bits per heavy atom. The summed E-state index contributed by atoms with van der Waals surface area (Å²) < 4.78 is 27.3. The van der Waals surface area contributed by atoms with E-state index in [0.717, 1.165) is 18.5 Å². The van der Waals surface area contributed by atoms with Crippen LogP contribution in [0, 0.1) is 0 Å². The van der Waals surface area contributed by atoms with Gasteiger partial charge in [0.15, 0.2) is 0 Å². The number of halogens is 2. The van der Waals surface area contributed by atoms with Gasteiger partial charge in [-0.15, -0.1) is 0 Å². The number of aliphatic hydroxyl groups excluding tert-OH is 1. The van der Waals surface area contributed by atoms with Crippen LogP contribution < -0.4 is 15.5 Å². The monoisotopic (exact) mass is 390 g/mol. The highest BCUT2D eigenvalue weighted by molar-refractivity contribution is 5.65. The van der Waals surface area contributed by atoms with Gasteiger partial charge in [0.1, 0.15) is 17.5 Å². The maximum absolute atomic E-state index is 13.7. The third-order valence-electron chi connectivity index (χ3n) is 4.94. The molecule has 3 heterocycles. The lowest BCUT2D eigenvalue weighted by Crippen LogP contribution is -2.25. The topological polar surface area (TPSA) is 86.2 Å². The van der Waals surface area contributed by atoms with Gasteiger partial charge in [0, 0.05) is 42.7 Å². The molecule has 9 heteroatoms. The molecule has 1 aliphatic carbocycles. The van der Waals surface area contributed by atoms with Gasteiger partial charge in [0.2, 0.25) is 0 Å². The molecular weight excluding hydrogens is 366 g/mol. The Hall–Kier alpha value is -2.55. The van der Waals surface area contributed by atoms with Gasteiger partial charge in [-0.05, 0) is 19.8 Å². The molecule has 1 atom stereocenters. The summed E-state index contributed by atoms with van der Waals surface area (Å²) in [6.07, 6.45) is 5.57. The van der Waals surface area contributed by atoms with Crippen molar-refractivity contribution in [3.05, 3.63) is 30.2 Å². The molecule has 2 aliphatic rings. The molecular formula is C19H24F2N6O. The van der Waals surface area contributed by atoms with Crippen LogP contribution in [0.4, 0.5) is 31.9 Å². The van der Waals surface area contributed by atoms with E-state index in [0.29, 0.717) is 29.1 Å². The van der Waals surface area contributed by atoms with Crippen LogP contribution in [-0.2, 0) is 0 Å². The molecule has 0 aromatic carbocycles.